The Morgan fingerprint density at radius 1 is 1.30 bits per heavy atom. The van der Waals surface area contributed by atoms with Gasteiger partial charge in [0.05, 0.1) is 28.0 Å². The van der Waals surface area contributed by atoms with Gasteiger partial charge in [-0.2, -0.15) is 10.2 Å². The van der Waals surface area contributed by atoms with Crippen LogP contribution in [0.4, 0.5) is 11.6 Å². The van der Waals surface area contributed by atoms with Crippen LogP contribution in [0.15, 0.2) is 28.6 Å². The van der Waals surface area contributed by atoms with E-state index in [-0.39, 0.29) is 5.69 Å². The Balaban J connectivity index is 1.64. The van der Waals surface area contributed by atoms with Gasteiger partial charge >= 0.3 is 5.69 Å². The van der Waals surface area contributed by atoms with Crippen LogP contribution in [0.5, 0.6) is 0 Å². The Bertz CT molecular complexity index is 1370. The molecule has 4 aromatic rings. The topological polar surface area (TPSA) is 111 Å². The number of fused-ring (bicyclic) bond motifs is 2. The van der Waals surface area contributed by atoms with Gasteiger partial charge in [0.1, 0.15) is 11.1 Å². The number of nitriles is 1. The van der Waals surface area contributed by atoms with E-state index in [4.69, 9.17) is 4.74 Å². The summed E-state index contributed by atoms with van der Waals surface area (Å²) in [5.41, 5.74) is 4.37. The fourth-order valence-electron chi connectivity index (χ4n) is 3.91. The highest BCUT2D eigenvalue weighted by atomic mass is 32.1. The molecule has 0 atom stereocenters. The normalized spacial score (nSPS) is 16.0. The lowest BCUT2D eigenvalue weighted by atomic mass is 9.91. The number of hydrogen-bond donors (Lipinski definition) is 1. The molecule has 4 heterocycles. The molecule has 5 rings (SSSR count). The molecule has 0 saturated carbocycles. The van der Waals surface area contributed by atoms with Crippen LogP contribution in [0.1, 0.15) is 18.4 Å². The number of imidazole rings is 1. The average Bonchev–Trinajstić information content (AvgIpc) is 3.31. The van der Waals surface area contributed by atoms with E-state index in [1.807, 2.05) is 18.5 Å². The molecule has 0 aliphatic carbocycles. The molecule has 0 spiro atoms. The van der Waals surface area contributed by atoms with Gasteiger partial charge in [-0.1, -0.05) is 0 Å². The van der Waals surface area contributed by atoms with E-state index in [1.165, 1.54) is 9.13 Å². The zero-order chi connectivity index (χ0) is 20.9. The van der Waals surface area contributed by atoms with Gasteiger partial charge in [-0.3, -0.25) is 9.13 Å². The summed E-state index contributed by atoms with van der Waals surface area (Å²) in [5, 5.41) is 13.2. The summed E-state index contributed by atoms with van der Waals surface area (Å²) in [5.74, 6) is 0.361. The van der Waals surface area contributed by atoms with Crippen LogP contribution in [0, 0.1) is 18.3 Å². The van der Waals surface area contributed by atoms with Gasteiger partial charge in [0.25, 0.3) is 0 Å². The SMILES string of the molecule is Cc1cc2scnc2cc1Nc1ncc2c(n1)n(C1(C#N)CCOCC1)c(=O)n2C. The molecule has 1 aromatic carbocycles. The first kappa shape index (κ1) is 18.7. The summed E-state index contributed by atoms with van der Waals surface area (Å²) < 4.78 is 9.53. The minimum absolute atomic E-state index is 0.278. The van der Waals surface area contributed by atoms with Crippen LogP contribution in [-0.4, -0.2) is 37.3 Å². The Kier molecular flexibility index (Phi) is 4.30. The summed E-state index contributed by atoms with van der Waals surface area (Å²) in [4.78, 5) is 26.4. The van der Waals surface area contributed by atoms with E-state index in [2.05, 4.69) is 32.4 Å². The van der Waals surface area contributed by atoms with E-state index >= 15 is 0 Å². The van der Waals surface area contributed by atoms with Crippen molar-refractivity contribution < 1.29 is 4.74 Å². The molecule has 0 bridgehead atoms. The Hall–Kier alpha value is -3.29. The van der Waals surface area contributed by atoms with Crippen molar-refractivity contribution in [1.82, 2.24) is 24.1 Å². The molecule has 0 amide bonds. The van der Waals surface area contributed by atoms with E-state index in [1.54, 1.807) is 24.6 Å². The summed E-state index contributed by atoms with van der Waals surface area (Å²) in [7, 11) is 1.67. The van der Waals surface area contributed by atoms with E-state index in [0.29, 0.717) is 43.2 Å². The summed E-state index contributed by atoms with van der Waals surface area (Å²) in [6, 6.07) is 6.39. The molecule has 0 radical (unpaired) electrons. The van der Waals surface area contributed by atoms with Gasteiger partial charge in [-0.05, 0) is 24.6 Å². The molecule has 0 unspecified atom stereocenters. The van der Waals surface area contributed by atoms with E-state index < -0.39 is 5.54 Å². The Morgan fingerprint density at radius 2 is 2.10 bits per heavy atom. The number of thiazole rings is 1. The van der Waals surface area contributed by atoms with Crippen LogP contribution in [0.2, 0.25) is 0 Å². The van der Waals surface area contributed by atoms with Crippen molar-refractivity contribution in [3.63, 3.8) is 0 Å². The maximum Gasteiger partial charge on any atom is 0.331 e. The fraction of sp³-hybridized carbons (Fsp3) is 0.350. The summed E-state index contributed by atoms with van der Waals surface area (Å²) in [6.07, 6.45) is 2.49. The van der Waals surface area contributed by atoms with Crippen molar-refractivity contribution in [3.8, 4) is 6.07 Å². The number of aromatic nitrogens is 5. The molecule has 1 aliphatic rings. The Morgan fingerprint density at radius 3 is 2.87 bits per heavy atom. The minimum atomic E-state index is -0.976. The fourth-order valence-corrected chi connectivity index (χ4v) is 4.67. The largest absolute Gasteiger partial charge is 0.381 e. The van der Waals surface area contributed by atoms with Gasteiger partial charge in [-0.15, -0.1) is 11.3 Å². The van der Waals surface area contributed by atoms with Crippen molar-refractivity contribution in [2.75, 3.05) is 18.5 Å². The maximum atomic E-state index is 13.0. The quantitative estimate of drug-likeness (QED) is 0.541. The maximum absolute atomic E-state index is 13.0. The van der Waals surface area contributed by atoms with Gasteiger partial charge in [0.2, 0.25) is 5.95 Å². The molecule has 10 heteroatoms. The van der Waals surface area contributed by atoms with Crippen LogP contribution in [0.3, 0.4) is 0 Å². The van der Waals surface area contributed by atoms with Gasteiger partial charge in [-0.25, -0.2) is 14.8 Å². The molecular weight excluding hydrogens is 402 g/mol. The third-order valence-electron chi connectivity index (χ3n) is 5.68. The highest BCUT2D eigenvalue weighted by Crippen LogP contribution is 2.31. The van der Waals surface area contributed by atoms with Crippen molar-refractivity contribution in [1.29, 1.82) is 5.26 Å². The van der Waals surface area contributed by atoms with Crippen molar-refractivity contribution in [3.05, 3.63) is 39.9 Å². The number of anilines is 2. The predicted molar refractivity (Wildman–Crippen MR) is 114 cm³/mol. The lowest BCUT2D eigenvalue weighted by Gasteiger charge is -2.31. The summed E-state index contributed by atoms with van der Waals surface area (Å²) in [6.45, 7) is 2.87. The zero-order valence-electron chi connectivity index (χ0n) is 16.5. The number of aryl methyl sites for hydroxylation is 2. The Labute approximate surface area is 175 Å². The third kappa shape index (κ3) is 2.78. The smallest absolute Gasteiger partial charge is 0.331 e. The molecule has 9 nitrogen and oxygen atoms in total. The predicted octanol–water partition coefficient (Wildman–Crippen LogP) is 2.82. The highest BCUT2D eigenvalue weighted by molar-refractivity contribution is 7.16. The minimum Gasteiger partial charge on any atom is -0.381 e. The first-order chi connectivity index (χ1) is 14.5. The van der Waals surface area contributed by atoms with Crippen LogP contribution in [0.25, 0.3) is 21.4 Å². The standard InChI is InChI=1S/C20H19N7O2S/c1-12-7-16-14(23-11-30-16)8-13(12)24-18-22-9-15-17(25-18)27(19(28)26(15)2)20(10-21)3-5-29-6-4-20/h7-9,11H,3-6H2,1-2H3,(H,22,24,25). The number of ether oxygens (including phenoxy) is 1. The zero-order valence-corrected chi connectivity index (χ0v) is 17.4. The lowest BCUT2D eigenvalue weighted by molar-refractivity contribution is 0.0448. The van der Waals surface area contributed by atoms with Crippen LogP contribution < -0.4 is 11.0 Å². The second kappa shape index (κ2) is 6.90. The van der Waals surface area contributed by atoms with E-state index in [9.17, 15) is 10.1 Å². The molecule has 1 fully saturated rings. The van der Waals surface area contributed by atoms with Gasteiger partial charge < -0.3 is 10.1 Å². The number of nitrogens with one attached hydrogen (secondary N) is 1. The van der Waals surface area contributed by atoms with Gasteiger partial charge in [0, 0.05) is 38.8 Å². The first-order valence-electron chi connectivity index (χ1n) is 9.57. The van der Waals surface area contributed by atoms with Crippen molar-refractivity contribution in [2.45, 2.75) is 25.3 Å². The number of rotatable bonds is 3. The highest BCUT2D eigenvalue weighted by Gasteiger charge is 2.38. The molecule has 1 N–H and O–H groups in total. The molecule has 1 aliphatic heterocycles. The lowest BCUT2D eigenvalue weighted by Crippen LogP contribution is -2.44. The van der Waals surface area contributed by atoms with Gasteiger partial charge in [0.15, 0.2) is 5.65 Å². The second-order valence-electron chi connectivity index (χ2n) is 7.45. The third-order valence-corrected chi connectivity index (χ3v) is 6.47. The average molecular weight is 421 g/mol. The number of nitrogens with zero attached hydrogens (tertiary/aromatic N) is 6. The second-order valence-corrected chi connectivity index (χ2v) is 8.33. The number of hydrogen-bond acceptors (Lipinski definition) is 8. The monoisotopic (exact) mass is 421 g/mol. The van der Waals surface area contributed by atoms with E-state index in [0.717, 1.165) is 21.5 Å². The molecule has 1 saturated heterocycles. The van der Waals surface area contributed by atoms with Crippen molar-refractivity contribution >= 4 is 44.4 Å². The molecular formula is C20H19N7O2S. The molecule has 30 heavy (non-hydrogen) atoms. The summed E-state index contributed by atoms with van der Waals surface area (Å²) >= 11 is 1.59. The molecule has 152 valence electrons. The number of benzene rings is 1. The van der Waals surface area contributed by atoms with Crippen LogP contribution in [-0.2, 0) is 17.3 Å². The first-order valence-corrected chi connectivity index (χ1v) is 10.5. The van der Waals surface area contributed by atoms with Crippen molar-refractivity contribution in [2.24, 2.45) is 7.05 Å². The molecule has 3 aromatic heterocycles. The van der Waals surface area contributed by atoms with Crippen LogP contribution >= 0.6 is 11.3 Å².